The average Bonchev–Trinajstić information content (AvgIpc) is 3.08. The molecule has 2 N–H and O–H groups in total. The highest BCUT2D eigenvalue weighted by atomic mass is 32.1. The summed E-state index contributed by atoms with van der Waals surface area (Å²) in [6.07, 6.45) is 3.69. The van der Waals surface area contributed by atoms with Gasteiger partial charge in [-0.3, -0.25) is 0 Å². The zero-order chi connectivity index (χ0) is 13.5. The number of nitrogens with zero attached hydrogens (tertiary/aromatic N) is 1. The maximum atomic E-state index is 9.82. The molecule has 1 saturated heterocycles. The van der Waals surface area contributed by atoms with Gasteiger partial charge in [-0.15, -0.1) is 11.3 Å². The molecular formula is C13H22N2O3S. The molecule has 0 aromatic carbocycles. The fourth-order valence-corrected chi connectivity index (χ4v) is 2.69. The van der Waals surface area contributed by atoms with Crippen LogP contribution in [0.25, 0.3) is 0 Å². The molecular weight excluding hydrogens is 264 g/mol. The minimum absolute atomic E-state index is 0.160. The number of aromatic nitrogens is 1. The van der Waals surface area contributed by atoms with Crippen LogP contribution >= 0.6 is 11.3 Å². The van der Waals surface area contributed by atoms with Gasteiger partial charge in [-0.1, -0.05) is 0 Å². The predicted molar refractivity (Wildman–Crippen MR) is 74.3 cm³/mol. The lowest BCUT2D eigenvalue weighted by atomic mass is 10.2. The van der Waals surface area contributed by atoms with E-state index in [1.807, 2.05) is 12.3 Å². The summed E-state index contributed by atoms with van der Waals surface area (Å²) in [6, 6.07) is 0.160. The third kappa shape index (κ3) is 5.16. The van der Waals surface area contributed by atoms with Crippen LogP contribution < -0.4 is 5.32 Å². The van der Waals surface area contributed by atoms with Gasteiger partial charge < -0.3 is 19.9 Å². The Labute approximate surface area is 118 Å². The standard InChI is InChI=1S/C13H22N2O3S/c1-10(13-14-4-6-19-13)15-7-11(16)8-17-9-12-3-2-5-18-12/h4,6,10-12,15-16H,2-3,5,7-9H2,1H3. The van der Waals surface area contributed by atoms with Gasteiger partial charge in [0, 0.05) is 24.7 Å². The van der Waals surface area contributed by atoms with Gasteiger partial charge in [-0.05, 0) is 19.8 Å². The molecule has 0 amide bonds. The van der Waals surface area contributed by atoms with Crippen LogP contribution in [0.2, 0.25) is 0 Å². The Balaban J connectivity index is 1.55. The zero-order valence-corrected chi connectivity index (χ0v) is 12.1. The summed E-state index contributed by atoms with van der Waals surface area (Å²) in [6.45, 7) is 4.31. The number of thiazole rings is 1. The summed E-state index contributed by atoms with van der Waals surface area (Å²) >= 11 is 1.61. The van der Waals surface area contributed by atoms with E-state index >= 15 is 0 Å². The van der Waals surface area contributed by atoms with E-state index in [0.717, 1.165) is 24.5 Å². The molecule has 1 aliphatic rings. The monoisotopic (exact) mass is 286 g/mol. The minimum atomic E-state index is -0.496. The van der Waals surface area contributed by atoms with Crippen molar-refractivity contribution in [1.82, 2.24) is 10.3 Å². The highest BCUT2D eigenvalue weighted by Gasteiger charge is 2.16. The third-order valence-corrected chi connectivity index (χ3v) is 4.08. The van der Waals surface area contributed by atoms with Gasteiger partial charge in [0.1, 0.15) is 5.01 Å². The van der Waals surface area contributed by atoms with Crippen LogP contribution in [0, 0.1) is 0 Å². The fourth-order valence-electron chi connectivity index (χ4n) is 2.02. The highest BCUT2D eigenvalue weighted by Crippen LogP contribution is 2.14. The molecule has 6 heteroatoms. The van der Waals surface area contributed by atoms with Crippen molar-refractivity contribution < 1.29 is 14.6 Å². The molecule has 3 atom stereocenters. The van der Waals surface area contributed by atoms with E-state index in [1.54, 1.807) is 17.5 Å². The van der Waals surface area contributed by atoms with Crippen LogP contribution in [-0.2, 0) is 9.47 Å². The van der Waals surface area contributed by atoms with Crippen LogP contribution in [0.15, 0.2) is 11.6 Å². The number of ether oxygens (including phenoxy) is 2. The molecule has 0 radical (unpaired) electrons. The minimum Gasteiger partial charge on any atom is -0.389 e. The highest BCUT2D eigenvalue weighted by molar-refractivity contribution is 7.09. The molecule has 108 valence electrons. The molecule has 19 heavy (non-hydrogen) atoms. The smallest absolute Gasteiger partial charge is 0.109 e. The molecule has 5 nitrogen and oxygen atoms in total. The lowest BCUT2D eigenvalue weighted by Crippen LogP contribution is -2.33. The summed E-state index contributed by atoms with van der Waals surface area (Å²) in [5, 5.41) is 16.1. The van der Waals surface area contributed by atoms with Crippen molar-refractivity contribution in [1.29, 1.82) is 0 Å². The number of hydrogen-bond acceptors (Lipinski definition) is 6. The Kier molecular flexibility index (Phi) is 6.19. The van der Waals surface area contributed by atoms with Crippen molar-refractivity contribution in [3.05, 3.63) is 16.6 Å². The normalized spacial score (nSPS) is 22.5. The van der Waals surface area contributed by atoms with E-state index in [9.17, 15) is 5.11 Å². The first-order valence-corrected chi connectivity index (χ1v) is 7.64. The third-order valence-electron chi connectivity index (χ3n) is 3.12. The summed E-state index contributed by atoms with van der Waals surface area (Å²) in [7, 11) is 0. The van der Waals surface area contributed by atoms with Crippen molar-refractivity contribution >= 4 is 11.3 Å². The first-order chi connectivity index (χ1) is 9.25. The summed E-state index contributed by atoms with van der Waals surface area (Å²) in [5.74, 6) is 0. The van der Waals surface area contributed by atoms with Gasteiger partial charge in [-0.2, -0.15) is 0 Å². The Morgan fingerprint density at radius 1 is 1.68 bits per heavy atom. The van der Waals surface area contributed by atoms with Crippen molar-refractivity contribution in [3.63, 3.8) is 0 Å². The summed E-state index contributed by atoms with van der Waals surface area (Å²) in [4.78, 5) is 4.24. The van der Waals surface area contributed by atoms with Crippen molar-refractivity contribution in [2.75, 3.05) is 26.4 Å². The van der Waals surface area contributed by atoms with E-state index in [0.29, 0.717) is 19.8 Å². The predicted octanol–water partition coefficient (Wildman–Crippen LogP) is 1.35. The first kappa shape index (κ1) is 14.9. The maximum absolute atomic E-state index is 9.82. The van der Waals surface area contributed by atoms with Crippen molar-refractivity contribution in [3.8, 4) is 0 Å². The molecule has 1 aromatic heterocycles. The Hall–Kier alpha value is -0.530. The van der Waals surface area contributed by atoms with E-state index in [4.69, 9.17) is 9.47 Å². The Bertz CT molecular complexity index is 342. The molecule has 1 fully saturated rings. The number of aliphatic hydroxyl groups is 1. The molecule has 0 aliphatic carbocycles. The van der Waals surface area contributed by atoms with Gasteiger partial charge in [0.2, 0.25) is 0 Å². The molecule has 2 rings (SSSR count). The van der Waals surface area contributed by atoms with Crippen LogP contribution in [0.1, 0.15) is 30.8 Å². The van der Waals surface area contributed by atoms with Gasteiger partial charge in [0.15, 0.2) is 0 Å². The number of rotatable bonds is 8. The Morgan fingerprint density at radius 2 is 2.58 bits per heavy atom. The molecule has 3 unspecified atom stereocenters. The van der Waals surface area contributed by atoms with E-state index in [-0.39, 0.29) is 12.1 Å². The van der Waals surface area contributed by atoms with Gasteiger partial charge in [0.05, 0.1) is 31.5 Å². The van der Waals surface area contributed by atoms with Crippen molar-refractivity contribution in [2.24, 2.45) is 0 Å². The van der Waals surface area contributed by atoms with Gasteiger partial charge in [0.25, 0.3) is 0 Å². The topological polar surface area (TPSA) is 63.6 Å². The zero-order valence-electron chi connectivity index (χ0n) is 11.2. The lowest BCUT2D eigenvalue weighted by Gasteiger charge is -2.17. The van der Waals surface area contributed by atoms with Crippen LogP contribution in [0.3, 0.4) is 0 Å². The first-order valence-electron chi connectivity index (χ1n) is 6.76. The van der Waals surface area contributed by atoms with Crippen LogP contribution in [-0.4, -0.2) is 48.7 Å². The largest absolute Gasteiger partial charge is 0.389 e. The van der Waals surface area contributed by atoms with Crippen LogP contribution in [0.5, 0.6) is 0 Å². The summed E-state index contributed by atoms with van der Waals surface area (Å²) < 4.78 is 10.9. The average molecular weight is 286 g/mol. The molecule has 0 saturated carbocycles. The van der Waals surface area contributed by atoms with Crippen LogP contribution in [0.4, 0.5) is 0 Å². The van der Waals surface area contributed by atoms with E-state index < -0.39 is 6.10 Å². The SMILES string of the molecule is CC(NCC(O)COCC1CCCO1)c1nccs1. The second-order valence-corrected chi connectivity index (χ2v) is 5.75. The quantitative estimate of drug-likeness (QED) is 0.755. The Morgan fingerprint density at radius 3 is 3.26 bits per heavy atom. The molecule has 0 bridgehead atoms. The van der Waals surface area contributed by atoms with Gasteiger partial charge >= 0.3 is 0 Å². The molecule has 0 spiro atoms. The van der Waals surface area contributed by atoms with Crippen molar-refractivity contribution in [2.45, 2.75) is 38.0 Å². The number of hydrogen-bond donors (Lipinski definition) is 2. The fraction of sp³-hybridized carbons (Fsp3) is 0.769. The van der Waals surface area contributed by atoms with E-state index in [2.05, 4.69) is 10.3 Å². The maximum Gasteiger partial charge on any atom is 0.109 e. The molecule has 1 aliphatic heterocycles. The number of nitrogens with one attached hydrogen (secondary N) is 1. The molecule has 1 aromatic rings. The lowest BCUT2D eigenvalue weighted by molar-refractivity contribution is -0.0168. The van der Waals surface area contributed by atoms with E-state index in [1.165, 1.54) is 0 Å². The summed E-state index contributed by atoms with van der Waals surface area (Å²) in [5.41, 5.74) is 0. The second kappa shape index (κ2) is 7.91. The number of aliphatic hydroxyl groups excluding tert-OH is 1. The van der Waals surface area contributed by atoms with Gasteiger partial charge in [-0.25, -0.2) is 4.98 Å². The second-order valence-electron chi connectivity index (χ2n) is 4.83. The molecule has 2 heterocycles.